The molecule has 2 aromatic rings. The van der Waals surface area contributed by atoms with Gasteiger partial charge in [0.2, 0.25) is 5.91 Å². The van der Waals surface area contributed by atoms with E-state index in [0.717, 1.165) is 16.8 Å². The number of pyridine rings is 1. The van der Waals surface area contributed by atoms with Crippen LogP contribution in [0.2, 0.25) is 5.02 Å². The molecule has 110 valence electrons. The number of benzene rings is 1. The molecule has 2 N–H and O–H groups in total. The minimum atomic E-state index is -0.0960. The number of rotatable bonds is 5. The van der Waals surface area contributed by atoms with Gasteiger partial charge >= 0.3 is 0 Å². The van der Waals surface area contributed by atoms with Crippen LogP contribution in [0.1, 0.15) is 24.1 Å². The summed E-state index contributed by atoms with van der Waals surface area (Å²) >= 11 is 5.93. The van der Waals surface area contributed by atoms with Crippen LogP contribution in [-0.2, 0) is 4.79 Å². The van der Waals surface area contributed by atoms with Crippen LogP contribution < -0.4 is 10.6 Å². The number of aromatic nitrogens is 1. The highest BCUT2D eigenvalue weighted by Crippen LogP contribution is 2.20. The van der Waals surface area contributed by atoms with E-state index in [4.69, 9.17) is 11.6 Å². The van der Waals surface area contributed by atoms with Gasteiger partial charge in [-0.2, -0.15) is 0 Å². The van der Waals surface area contributed by atoms with E-state index < -0.39 is 0 Å². The van der Waals surface area contributed by atoms with Gasteiger partial charge in [-0.05, 0) is 49.2 Å². The highest BCUT2D eigenvalue weighted by molar-refractivity contribution is 6.31. The summed E-state index contributed by atoms with van der Waals surface area (Å²) in [6, 6.07) is 9.37. The molecule has 0 bridgehead atoms. The Hall–Kier alpha value is -1.91. The second kappa shape index (κ2) is 7.20. The molecule has 1 amide bonds. The third-order valence-electron chi connectivity index (χ3n) is 3.25. The average molecular weight is 304 g/mol. The predicted octanol–water partition coefficient (Wildman–Crippen LogP) is 3.33. The van der Waals surface area contributed by atoms with Crippen LogP contribution in [0.3, 0.4) is 0 Å². The van der Waals surface area contributed by atoms with Crippen LogP contribution in [0.5, 0.6) is 0 Å². The van der Waals surface area contributed by atoms with Crippen molar-refractivity contribution < 1.29 is 4.79 Å². The molecular weight excluding hydrogens is 286 g/mol. The van der Waals surface area contributed by atoms with E-state index in [0.29, 0.717) is 5.02 Å². The van der Waals surface area contributed by atoms with Crippen molar-refractivity contribution in [2.24, 2.45) is 0 Å². The van der Waals surface area contributed by atoms with Crippen LogP contribution in [0.4, 0.5) is 5.69 Å². The van der Waals surface area contributed by atoms with Gasteiger partial charge < -0.3 is 10.6 Å². The summed E-state index contributed by atoms with van der Waals surface area (Å²) in [5.41, 5.74) is 2.82. The van der Waals surface area contributed by atoms with E-state index in [-0.39, 0.29) is 18.5 Å². The molecule has 4 nitrogen and oxygen atoms in total. The van der Waals surface area contributed by atoms with E-state index in [9.17, 15) is 4.79 Å². The van der Waals surface area contributed by atoms with E-state index in [1.165, 1.54) is 0 Å². The second-order valence-electron chi connectivity index (χ2n) is 4.89. The molecule has 2 rings (SSSR count). The molecule has 0 aliphatic heterocycles. The van der Waals surface area contributed by atoms with Crippen LogP contribution in [0.25, 0.3) is 0 Å². The number of hydrogen-bond donors (Lipinski definition) is 2. The smallest absolute Gasteiger partial charge is 0.238 e. The zero-order chi connectivity index (χ0) is 15.2. The van der Waals surface area contributed by atoms with E-state index in [2.05, 4.69) is 15.6 Å². The zero-order valence-corrected chi connectivity index (χ0v) is 12.8. The van der Waals surface area contributed by atoms with Gasteiger partial charge in [-0.25, -0.2) is 0 Å². The first kappa shape index (κ1) is 15.5. The molecule has 0 fully saturated rings. The normalized spacial score (nSPS) is 12.0. The van der Waals surface area contributed by atoms with E-state index >= 15 is 0 Å². The molecule has 0 saturated heterocycles. The summed E-state index contributed by atoms with van der Waals surface area (Å²) in [5.74, 6) is -0.0960. The molecule has 0 radical (unpaired) electrons. The first-order valence-electron chi connectivity index (χ1n) is 6.75. The van der Waals surface area contributed by atoms with Crippen molar-refractivity contribution in [1.82, 2.24) is 10.3 Å². The van der Waals surface area contributed by atoms with Gasteiger partial charge in [-0.15, -0.1) is 0 Å². The molecule has 1 aromatic carbocycles. The SMILES string of the molecule is Cc1ccc(Cl)cc1NC(=O)CNC(C)c1ccncc1. The number of anilines is 1. The molecule has 0 saturated carbocycles. The van der Waals surface area contributed by atoms with E-state index in [1.54, 1.807) is 24.5 Å². The minimum absolute atomic E-state index is 0.0826. The molecule has 1 heterocycles. The van der Waals surface area contributed by atoms with Crippen LogP contribution in [0.15, 0.2) is 42.7 Å². The Morgan fingerprint density at radius 1 is 1.29 bits per heavy atom. The van der Waals surface area contributed by atoms with Crippen molar-refractivity contribution in [3.63, 3.8) is 0 Å². The fourth-order valence-electron chi connectivity index (χ4n) is 1.94. The van der Waals surface area contributed by atoms with Crippen LogP contribution >= 0.6 is 11.6 Å². The van der Waals surface area contributed by atoms with Gasteiger partial charge in [0.1, 0.15) is 0 Å². The summed E-state index contributed by atoms with van der Waals surface area (Å²) in [7, 11) is 0. The Kier molecular flexibility index (Phi) is 5.31. The Bertz CT molecular complexity index is 616. The van der Waals surface area contributed by atoms with Crippen molar-refractivity contribution in [2.75, 3.05) is 11.9 Å². The maximum Gasteiger partial charge on any atom is 0.238 e. The summed E-state index contributed by atoms with van der Waals surface area (Å²) < 4.78 is 0. The first-order valence-corrected chi connectivity index (χ1v) is 7.13. The van der Waals surface area contributed by atoms with Gasteiger partial charge in [-0.3, -0.25) is 9.78 Å². The molecule has 0 aliphatic rings. The lowest BCUT2D eigenvalue weighted by atomic mass is 10.1. The number of aryl methyl sites for hydroxylation is 1. The molecule has 1 atom stereocenters. The largest absolute Gasteiger partial charge is 0.325 e. The van der Waals surface area contributed by atoms with Crippen molar-refractivity contribution in [3.8, 4) is 0 Å². The standard InChI is InChI=1S/C16H18ClN3O/c1-11-3-4-14(17)9-15(11)20-16(21)10-19-12(2)13-5-7-18-8-6-13/h3-9,12,19H,10H2,1-2H3,(H,20,21). The third-order valence-corrected chi connectivity index (χ3v) is 3.48. The average Bonchev–Trinajstić information content (AvgIpc) is 2.49. The van der Waals surface area contributed by atoms with Crippen molar-refractivity contribution in [1.29, 1.82) is 0 Å². The summed E-state index contributed by atoms with van der Waals surface area (Å²) in [4.78, 5) is 16.0. The Labute approximate surface area is 129 Å². The topological polar surface area (TPSA) is 54.0 Å². The molecule has 5 heteroatoms. The fourth-order valence-corrected chi connectivity index (χ4v) is 2.11. The monoisotopic (exact) mass is 303 g/mol. The summed E-state index contributed by atoms with van der Waals surface area (Å²) in [6.07, 6.45) is 3.48. The van der Waals surface area contributed by atoms with E-state index in [1.807, 2.05) is 32.0 Å². The Morgan fingerprint density at radius 3 is 2.71 bits per heavy atom. The van der Waals surface area contributed by atoms with Crippen molar-refractivity contribution >= 4 is 23.2 Å². The van der Waals surface area contributed by atoms with Crippen molar-refractivity contribution in [2.45, 2.75) is 19.9 Å². The Balaban J connectivity index is 1.89. The predicted molar refractivity (Wildman–Crippen MR) is 85.5 cm³/mol. The molecular formula is C16H18ClN3O. The van der Waals surface area contributed by atoms with Gasteiger partial charge in [0.15, 0.2) is 0 Å². The fraction of sp³-hybridized carbons (Fsp3) is 0.250. The summed E-state index contributed by atoms with van der Waals surface area (Å²) in [5, 5.41) is 6.65. The van der Waals surface area contributed by atoms with Gasteiger partial charge in [0.05, 0.1) is 6.54 Å². The molecule has 1 unspecified atom stereocenters. The van der Waals surface area contributed by atoms with Crippen LogP contribution in [-0.4, -0.2) is 17.4 Å². The number of hydrogen-bond acceptors (Lipinski definition) is 3. The number of carbonyl (C=O) groups excluding carboxylic acids is 1. The van der Waals surface area contributed by atoms with Crippen LogP contribution in [0, 0.1) is 6.92 Å². The maximum atomic E-state index is 12.0. The molecule has 1 aromatic heterocycles. The number of nitrogens with one attached hydrogen (secondary N) is 2. The highest BCUT2D eigenvalue weighted by atomic mass is 35.5. The highest BCUT2D eigenvalue weighted by Gasteiger charge is 2.09. The van der Waals surface area contributed by atoms with Gasteiger partial charge in [-0.1, -0.05) is 17.7 Å². The lowest BCUT2D eigenvalue weighted by Crippen LogP contribution is -2.30. The molecule has 21 heavy (non-hydrogen) atoms. The van der Waals surface area contributed by atoms with Gasteiger partial charge in [0, 0.05) is 29.1 Å². The zero-order valence-electron chi connectivity index (χ0n) is 12.1. The number of nitrogens with zero attached hydrogens (tertiary/aromatic N) is 1. The third kappa shape index (κ3) is 4.55. The molecule has 0 aliphatic carbocycles. The van der Waals surface area contributed by atoms with Crippen molar-refractivity contribution in [3.05, 3.63) is 58.9 Å². The maximum absolute atomic E-state index is 12.0. The number of carbonyl (C=O) groups is 1. The Morgan fingerprint density at radius 2 is 2.00 bits per heavy atom. The lowest BCUT2D eigenvalue weighted by molar-refractivity contribution is -0.115. The summed E-state index contributed by atoms with van der Waals surface area (Å²) in [6.45, 7) is 4.17. The number of halogens is 1. The minimum Gasteiger partial charge on any atom is -0.325 e. The second-order valence-corrected chi connectivity index (χ2v) is 5.33. The lowest BCUT2D eigenvalue weighted by Gasteiger charge is -2.14. The number of amides is 1. The quantitative estimate of drug-likeness (QED) is 0.891. The first-order chi connectivity index (χ1) is 10.1. The molecule has 0 spiro atoms. The van der Waals surface area contributed by atoms with Gasteiger partial charge in [0.25, 0.3) is 0 Å².